The minimum absolute atomic E-state index is 0.0763. The van der Waals surface area contributed by atoms with Gasteiger partial charge in [0.25, 0.3) is 0 Å². The highest BCUT2D eigenvalue weighted by Gasteiger charge is 2.01. The van der Waals surface area contributed by atoms with Crippen LogP contribution >= 0.6 is 0 Å². The van der Waals surface area contributed by atoms with Gasteiger partial charge in [-0.25, -0.2) is 0 Å². The molecular weight excluding hydrogens is 220 g/mol. The third-order valence-corrected chi connectivity index (χ3v) is 2.72. The smallest absolute Gasteiger partial charge is 0.0544 e. The van der Waals surface area contributed by atoms with Crippen LogP contribution in [0.4, 0.5) is 0 Å². The quantitative estimate of drug-likeness (QED) is 0.799. The fourth-order valence-electron chi connectivity index (χ4n) is 1.81. The van der Waals surface area contributed by atoms with Gasteiger partial charge in [0, 0.05) is 12.3 Å². The number of rotatable bonds is 5. The largest absolute Gasteiger partial charge is 0.326 e. The van der Waals surface area contributed by atoms with Crippen molar-refractivity contribution in [3.8, 4) is 0 Å². The molecule has 0 saturated carbocycles. The molecule has 0 saturated heterocycles. The van der Waals surface area contributed by atoms with Crippen molar-refractivity contribution in [1.29, 1.82) is 0 Å². The molecule has 0 aliphatic rings. The third-order valence-electron chi connectivity index (χ3n) is 2.72. The molecular formula is C16H18N2. The van der Waals surface area contributed by atoms with Crippen LogP contribution in [0, 0.1) is 0 Å². The SMILES string of the molecule is NC(CN=Cc1ccccc1)Cc1ccccc1. The first-order valence-corrected chi connectivity index (χ1v) is 6.19. The molecule has 2 aromatic rings. The van der Waals surface area contributed by atoms with Crippen molar-refractivity contribution < 1.29 is 0 Å². The fourth-order valence-corrected chi connectivity index (χ4v) is 1.81. The number of hydrogen-bond donors (Lipinski definition) is 1. The van der Waals surface area contributed by atoms with Crippen LogP contribution in [0.25, 0.3) is 0 Å². The summed E-state index contributed by atoms with van der Waals surface area (Å²) in [6.45, 7) is 0.657. The number of nitrogens with two attached hydrogens (primary N) is 1. The summed E-state index contributed by atoms with van der Waals surface area (Å²) in [4.78, 5) is 4.39. The molecule has 0 aliphatic carbocycles. The maximum atomic E-state index is 6.06. The summed E-state index contributed by atoms with van der Waals surface area (Å²) in [5.41, 5.74) is 8.44. The fraction of sp³-hybridized carbons (Fsp3) is 0.188. The van der Waals surface area contributed by atoms with E-state index in [2.05, 4.69) is 17.1 Å². The van der Waals surface area contributed by atoms with Crippen LogP contribution in [-0.2, 0) is 6.42 Å². The predicted octanol–water partition coefficient (Wildman–Crippen LogP) is 2.68. The van der Waals surface area contributed by atoms with E-state index in [1.807, 2.05) is 54.7 Å². The van der Waals surface area contributed by atoms with Crippen LogP contribution in [0.2, 0.25) is 0 Å². The van der Waals surface area contributed by atoms with Crippen LogP contribution in [0.15, 0.2) is 65.7 Å². The first kappa shape index (κ1) is 12.5. The Morgan fingerprint density at radius 3 is 2.22 bits per heavy atom. The molecule has 2 N–H and O–H groups in total. The van der Waals surface area contributed by atoms with Crippen molar-refractivity contribution in [2.45, 2.75) is 12.5 Å². The van der Waals surface area contributed by atoms with Gasteiger partial charge in [-0.3, -0.25) is 4.99 Å². The Morgan fingerprint density at radius 1 is 0.944 bits per heavy atom. The van der Waals surface area contributed by atoms with Gasteiger partial charge >= 0.3 is 0 Å². The van der Waals surface area contributed by atoms with Crippen molar-refractivity contribution in [3.63, 3.8) is 0 Å². The van der Waals surface area contributed by atoms with Gasteiger partial charge in [0.2, 0.25) is 0 Å². The third kappa shape index (κ3) is 4.15. The maximum absolute atomic E-state index is 6.06. The zero-order chi connectivity index (χ0) is 12.6. The van der Waals surface area contributed by atoms with E-state index in [0.717, 1.165) is 12.0 Å². The van der Waals surface area contributed by atoms with Gasteiger partial charge in [0.05, 0.1) is 6.54 Å². The monoisotopic (exact) mass is 238 g/mol. The van der Waals surface area contributed by atoms with E-state index in [9.17, 15) is 0 Å². The summed E-state index contributed by atoms with van der Waals surface area (Å²) in [6.07, 6.45) is 2.75. The van der Waals surface area contributed by atoms with Crippen molar-refractivity contribution >= 4 is 6.21 Å². The van der Waals surface area contributed by atoms with Gasteiger partial charge < -0.3 is 5.73 Å². The van der Waals surface area contributed by atoms with Gasteiger partial charge in [-0.15, -0.1) is 0 Å². The van der Waals surface area contributed by atoms with Gasteiger partial charge in [0.1, 0.15) is 0 Å². The minimum atomic E-state index is 0.0763. The molecule has 0 fully saturated rings. The van der Waals surface area contributed by atoms with Crippen LogP contribution in [0.3, 0.4) is 0 Å². The summed E-state index contributed by atoms with van der Waals surface area (Å²) in [5, 5.41) is 0. The number of aliphatic imine (C=N–C) groups is 1. The molecule has 2 aromatic carbocycles. The molecule has 0 aromatic heterocycles. The van der Waals surface area contributed by atoms with Crippen molar-refractivity contribution in [2.24, 2.45) is 10.7 Å². The van der Waals surface area contributed by atoms with E-state index in [0.29, 0.717) is 6.54 Å². The van der Waals surface area contributed by atoms with Crippen molar-refractivity contribution in [2.75, 3.05) is 6.54 Å². The first-order valence-electron chi connectivity index (χ1n) is 6.19. The second kappa shape index (κ2) is 6.72. The van der Waals surface area contributed by atoms with Crippen LogP contribution in [0.1, 0.15) is 11.1 Å². The first-order chi connectivity index (χ1) is 8.84. The average Bonchev–Trinajstić information content (AvgIpc) is 2.41. The summed E-state index contributed by atoms with van der Waals surface area (Å²) in [7, 11) is 0. The average molecular weight is 238 g/mol. The molecule has 0 bridgehead atoms. The lowest BCUT2D eigenvalue weighted by molar-refractivity contribution is 0.681. The van der Waals surface area contributed by atoms with E-state index in [1.54, 1.807) is 0 Å². The van der Waals surface area contributed by atoms with Crippen LogP contribution in [0.5, 0.6) is 0 Å². The molecule has 1 unspecified atom stereocenters. The van der Waals surface area contributed by atoms with Gasteiger partial charge in [0.15, 0.2) is 0 Å². The molecule has 0 amide bonds. The Kier molecular flexibility index (Phi) is 4.68. The molecule has 0 aliphatic heterocycles. The lowest BCUT2D eigenvalue weighted by Crippen LogP contribution is -2.26. The molecule has 2 nitrogen and oxygen atoms in total. The second-order valence-corrected chi connectivity index (χ2v) is 4.35. The maximum Gasteiger partial charge on any atom is 0.0544 e. The highest BCUT2D eigenvalue weighted by molar-refractivity contribution is 5.79. The van der Waals surface area contributed by atoms with Crippen molar-refractivity contribution in [1.82, 2.24) is 0 Å². The zero-order valence-corrected chi connectivity index (χ0v) is 10.4. The number of benzene rings is 2. The molecule has 18 heavy (non-hydrogen) atoms. The van der Waals surface area contributed by atoms with E-state index in [1.165, 1.54) is 5.56 Å². The summed E-state index contributed by atoms with van der Waals surface area (Å²) in [5.74, 6) is 0. The topological polar surface area (TPSA) is 38.4 Å². The number of nitrogens with zero attached hydrogens (tertiary/aromatic N) is 1. The van der Waals surface area contributed by atoms with Gasteiger partial charge in [-0.2, -0.15) is 0 Å². The molecule has 0 heterocycles. The summed E-state index contributed by atoms with van der Waals surface area (Å²) in [6, 6.07) is 20.4. The van der Waals surface area contributed by atoms with E-state index in [-0.39, 0.29) is 6.04 Å². The molecule has 0 spiro atoms. The van der Waals surface area contributed by atoms with Crippen molar-refractivity contribution in [3.05, 3.63) is 71.8 Å². The standard InChI is InChI=1S/C16H18N2/c17-16(11-14-7-3-1-4-8-14)13-18-12-15-9-5-2-6-10-15/h1-10,12,16H,11,13,17H2. The highest BCUT2D eigenvalue weighted by atomic mass is 14.8. The van der Waals surface area contributed by atoms with Crippen LogP contribution in [-0.4, -0.2) is 18.8 Å². The molecule has 2 rings (SSSR count). The zero-order valence-electron chi connectivity index (χ0n) is 10.4. The highest BCUT2D eigenvalue weighted by Crippen LogP contribution is 2.02. The molecule has 2 heteroatoms. The lowest BCUT2D eigenvalue weighted by atomic mass is 10.1. The predicted molar refractivity (Wildman–Crippen MR) is 77.0 cm³/mol. The Bertz CT molecular complexity index is 477. The van der Waals surface area contributed by atoms with Gasteiger partial charge in [-0.1, -0.05) is 60.7 Å². The minimum Gasteiger partial charge on any atom is -0.326 e. The normalized spacial score (nSPS) is 12.7. The molecule has 92 valence electrons. The lowest BCUT2D eigenvalue weighted by Gasteiger charge is -2.08. The summed E-state index contributed by atoms with van der Waals surface area (Å²) >= 11 is 0. The molecule has 0 radical (unpaired) electrons. The molecule has 1 atom stereocenters. The van der Waals surface area contributed by atoms with Gasteiger partial charge in [-0.05, 0) is 17.5 Å². The van der Waals surface area contributed by atoms with Crippen LogP contribution < -0.4 is 5.73 Å². The Labute approximate surface area is 108 Å². The van der Waals surface area contributed by atoms with E-state index in [4.69, 9.17) is 5.73 Å². The Balaban J connectivity index is 1.82. The Hall–Kier alpha value is -1.93. The number of hydrogen-bond acceptors (Lipinski definition) is 2. The summed E-state index contributed by atoms with van der Waals surface area (Å²) < 4.78 is 0. The van der Waals surface area contributed by atoms with E-state index >= 15 is 0 Å². The Morgan fingerprint density at radius 2 is 1.56 bits per heavy atom. The second-order valence-electron chi connectivity index (χ2n) is 4.35. The van der Waals surface area contributed by atoms with E-state index < -0.39 is 0 Å².